The van der Waals surface area contributed by atoms with Gasteiger partial charge in [0.05, 0.1) is 0 Å². The van der Waals surface area contributed by atoms with Crippen molar-refractivity contribution >= 4 is 18.1 Å². The summed E-state index contributed by atoms with van der Waals surface area (Å²) in [6.45, 7) is 4.79. The van der Waals surface area contributed by atoms with Crippen LogP contribution in [0, 0.1) is 0 Å². The van der Waals surface area contributed by atoms with Gasteiger partial charge in [-0.05, 0) is 81.0 Å². The minimum atomic E-state index is -4.92. The summed E-state index contributed by atoms with van der Waals surface area (Å²) in [6.07, 6.45) is -11.2. The molecular weight excluding hydrogens is 688 g/mol. The number of unbranched alkanes of at least 4 members (excludes halogenated alkanes) is 1. The quantitative estimate of drug-likeness (QED) is 0.120. The van der Waals surface area contributed by atoms with Crippen LogP contribution in [0.25, 0.3) is 0 Å². The average Bonchev–Trinajstić information content (AvgIpc) is 3.01. The molecule has 10 nitrogen and oxygen atoms in total. The van der Waals surface area contributed by atoms with Crippen LogP contribution in [-0.4, -0.2) is 63.9 Å². The zero-order chi connectivity index (χ0) is 37.8. The van der Waals surface area contributed by atoms with E-state index in [1.807, 2.05) is 6.07 Å². The van der Waals surface area contributed by atoms with Gasteiger partial charge in [-0.3, -0.25) is 4.79 Å². The van der Waals surface area contributed by atoms with Crippen LogP contribution < -0.4 is 14.8 Å². The normalized spacial score (nSPS) is 12.4. The summed E-state index contributed by atoms with van der Waals surface area (Å²) in [5.74, 6) is -1.61. The Hall–Kier alpha value is -5.15. The largest absolute Gasteiger partial charge is 0.573 e. The van der Waals surface area contributed by atoms with Crippen LogP contribution in [0.15, 0.2) is 78.9 Å². The molecule has 0 radical (unpaired) electrons. The molecule has 0 saturated carbocycles. The van der Waals surface area contributed by atoms with Crippen molar-refractivity contribution in [1.29, 1.82) is 0 Å². The van der Waals surface area contributed by atoms with E-state index >= 15 is 0 Å². The predicted molar refractivity (Wildman–Crippen MR) is 172 cm³/mol. The van der Waals surface area contributed by atoms with Crippen LogP contribution in [0.4, 0.5) is 35.9 Å². The number of rotatable bonds is 15. The lowest BCUT2D eigenvalue weighted by Gasteiger charge is -2.29. The van der Waals surface area contributed by atoms with Crippen molar-refractivity contribution in [3.8, 4) is 11.5 Å². The molecule has 0 unspecified atom stereocenters. The Balaban J connectivity index is 1.84. The first-order chi connectivity index (χ1) is 23.8. The number of amides is 3. The molecule has 1 atom stereocenters. The van der Waals surface area contributed by atoms with Gasteiger partial charge in [-0.1, -0.05) is 54.6 Å². The third-order valence-electron chi connectivity index (χ3n) is 7.02. The van der Waals surface area contributed by atoms with E-state index in [9.17, 15) is 45.8 Å². The second-order valence-corrected chi connectivity index (χ2v) is 12.5. The Morgan fingerprint density at radius 1 is 0.686 bits per heavy atom. The minimum Gasteiger partial charge on any atom is -0.465 e. The van der Waals surface area contributed by atoms with Gasteiger partial charge in [0.1, 0.15) is 23.1 Å². The number of ether oxygens (including phenoxy) is 3. The fraction of sp³-hybridized carbons (Fsp3) is 0.400. The van der Waals surface area contributed by atoms with Gasteiger partial charge in [0.25, 0.3) is 0 Å². The van der Waals surface area contributed by atoms with Gasteiger partial charge in [0.2, 0.25) is 5.91 Å². The molecule has 0 heterocycles. The molecule has 0 fully saturated rings. The number of halogens is 6. The van der Waals surface area contributed by atoms with E-state index in [2.05, 4.69) is 14.8 Å². The molecule has 278 valence electrons. The number of hydrogen-bond donors (Lipinski definition) is 2. The van der Waals surface area contributed by atoms with Gasteiger partial charge < -0.3 is 34.4 Å². The number of benzene rings is 3. The van der Waals surface area contributed by atoms with E-state index in [0.29, 0.717) is 17.5 Å². The van der Waals surface area contributed by atoms with Crippen molar-refractivity contribution in [1.82, 2.24) is 15.1 Å². The Morgan fingerprint density at radius 2 is 1.14 bits per heavy atom. The molecular formula is C35H39F6N3O7. The summed E-state index contributed by atoms with van der Waals surface area (Å²) in [4.78, 5) is 41.4. The number of carbonyl (C=O) groups excluding carboxylic acids is 2. The fourth-order valence-electron chi connectivity index (χ4n) is 4.87. The highest BCUT2D eigenvalue weighted by molar-refractivity contribution is 5.85. The van der Waals surface area contributed by atoms with Gasteiger partial charge in [-0.15, -0.1) is 26.3 Å². The van der Waals surface area contributed by atoms with Crippen molar-refractivity contribution in [3.63, 3.8) is 0 Å². The van der Waals surface area contributed by atoms with Gasteiger partial charge in [0.15, 0.2) is 0 Å². The van der Waals surface area contributed by atoms with Crippen molar-refractivity contribution in [2.24, 2.45) is 0 Å². The average molecular weight is 728 g/mol. The Bertz CT molecular complexity index is 1500. The maximum atomic E-state index is 14.1. The first kappa shape index (κ1) is 40.3. The number of nitrogens with one attached hydrogen (secondary N) is 1. The minimum absolute atomic E-state index is 0.0457. The second kappa shape index (κ2) is 17.7. The fourth-order valence-corrected chi connectivity index (χ4v) is 4.87. The molecule has 0 aliphatic carbocycles. The monoisotopic (exact) mass is 727 g/mol. The van der Waals surface area contributed by atoms with Crippen molar-refractivity contribution in [2.45, 2.75) is 84.0 Å². The summed E-state index contributed by atoms with van der Waals surface area (Å²) in [5, 5.41) is 12.3. The smallest absolute Gasteiger partial charge is 0.465 e. The molecule has 3 rings (SSSR count). The number of nitrogens with zero attached hydrogens (tertiary/aromatic N) is 2. The first-order valence-corrected chi connectivity index (χ1v) is 15.8. The Morgan fingerprint density at radius 3 is 1.57 bits per heavy atom. The molecule has 0 saturated heterocycles. The van der Waals surface area contributed by atoms with Crippen molar-refractivity contribution in [2.75, 3.05) is 6.54 Å². The maximum Gasteiger partial charge on any atom is 0.573 e. The number of carbonyl (C=O) groups is 3. The summed E-state index contributed by atoms with van der Waals surface area (Å²) in [6, 6.07) is 17.3. The molecule has 16 heteroatoms. The van der Waals surface area contributed by atoms with E-state index in [-0.39, 0.29) is 39.0 Å². The topological polar surface area (TPSA) is 118 Å². The van der Waals surface area contributed by atoms with Crippen molar-refractivity contribution < 1.29 is 60.0 Å². The standard InChI is InChI=1S/C35H39F6N3O7/c1-33(2,3)51-31(46)42-29(11-7-8-20-43(32(47)48)21-24-9-5-4-6-10-24)30(45)44(22-25-12-16-27(17-13-25)49-34(36,37)38)23-26-14-18-28(19-15-26)50-35(39,40)41/h4-6,9-10,12-19,29H,7-8,11,20-23H2,1-3H3,(H,42,46)(H,47,48)/t29-/m0/s1. The van der Waals surface area contributed by atoms with Crippen LogP contribution >= 0.6 is 0 Å². The van der Waals surface area contributed by atoms with Gasteiger partial charge in [-0.25, -0.2) is 9.59 Å². The molecule has 2 N–H and O–H groups in total. The van der Waals surface area contributed by atoms with Crippen LogP contribution in [0.5, 0.6) is 11.5 Å². The zero-order valence-electron chi connectivity index (χ0n) is 28.1. The van der Waals surface area contributed by atoms with Gasteiger partial charge >= 0.3 is 24.9 Å². The molecule has 0 aromatic heterocycles. The third-order valence-corrected chi connectivity index (χ3v) is 7.02. The second-order valence-electron chi connectivity index (χ2n) is 12.5. The van der Waals surface area contributed by atoms with Crippen LogP contribution in [0.1, 0.15) is 56.7 Å². The van der Waals surface area contributed by atoms with Crippen LogP contribution in [0.2, 0.25) is 0 Å². The first-order valence-electron chi connectivity index (χ1n) is 15.8. The molecule has 3 aromatic rings. The molecule has 0 spiro atoms. The lowest BCUT2D eigenvalue weighted by Crippen LogP contribution is -2.49. The summed E-state index contributed by atoms with van der Waals surface area (Å²) in [7, 11) is 0. The molecule has 0 aliphatic rings. The highest BCUT2D eigenvalue weighted by Gasteiger charge is 2.32. The maximum absolute atomic E-state index is 14.1. The SMILES string of the molecule is CC(C)(C)OC(=O)N[C@@H](CCCCN(Cc1ccccc1)C(=O)O)C(=O)N(Cc1ccc(OC(F)(F)F)cc1)Cc1ccc(OC(F)(F)F)cc1. The summed E-state index contributed by atoms with van der Waals surface area (Å²) >= 11 is 0. The number of alkyl carbamates (subject to hydrolysis) is 1. The van der Waals surface area contributed by atoms with E-state index < -0.39 is 54.0 Å². The van der Waals surface area contributed by atoms with Crippen molar-refractivity contribution in [3.05, 3.63) is 95.6 Å². The Kier molecular flexibility index (Phi) is 14.0. The van der Waals surface area contributed by atoms with E-state index in [1.54, 1.807) is 45.0 Å². The lowest BCUT2D eigenvalue weighted by molar-refractivity contribution is -0.275. The highest BCUT2D eigenvalue weighted by atomic mass is 19.4. The van der Waals surface area contributed by atoms with Gasteiger partial charge in [0, 0.05) is 26.2 Å². The molecule has 3 aromatic carbocycles. The number of carboxylic acid groups (broad SMARTS) is 1. The summed E-state index contributed by atoms with van der Waals surface area (Å²) < 4.78 is 89.4. The lowest BCUT2D eigenvalue weighted by atomic mass is 10.1. The van der Waals surface area contributed by atoms with E-state index in [1.165, 1.54) is 34.1 Å². The van der Waals surface area contributed by atoms with E-state index in [4.69, 9.17) is 4.74 Å². The van der Waals surface area contributed by atoms with Gasteiger partial charge in [-0.2, -0.15) is 0 Å². The van der Waals surface area contributed by atoms with E-state index in [0.717, 1.165) is 29.8 Å². The Labute approximate surface area is 290 Å². The number of hydrogen-bond acceptors (Lipinski definition) is 6. The van der Waals surface area contributed by atoms with Crippen LogP contribution in [0.3, 0.4) is 0 Å². The summed E-state index contributed by atoms with van der Waals surface area (Å²) in [5.41, 5.74) is 0.621. The zero-order valence-corrected chi connectivity index (χ0v) is 28.1. The number of alkyl halides is 6. The third kappa shape index (κ3) is 15.5. The predicted octanol–water partition coefficient (Wildman–Crippen LogP) is 8.26. The molecule has 3 amide bonds. The van der Waals surface area contributed by atoms with Crippen LogP contribution in [-0.2, 0) is 29.2 Å². The molecule has 51 heavy (non-hydrogen) atoms. The highest BCUT2D eigenvalue weighted by Crippen LogP contribution is 2.26. The molecule has 0 aliphatic heterocycles. The molecule has 0 bridgehead atoms.